The Balaban J connectivity index is 0.00000112. The second kappa shape index (κ2) is 6.18. The maximum Gasteiger partial charge on any atom is 0.191 e. The topological polar surface area (TPSA) is 36.4 Å². The van der Waals surface area contributed by atoms with E-state index in [1.54, 1.807) is 0 Å². The molecule has 1 heterocycles. The van der Waals surface area contributed by atoms with E-state index in [0.29, 0.717) is 4.75 Å². The van der Waals surface area contributed by atoms with Gasteiger partial charge in [0.1, 0.15) is 0 Å². The minimum absolute atomic E-state index is 0. The van der Waals surface area contributed by atoms with E-state index in [0.717, 1.165) is 25.6 Å². The lowest BCUT2D eigenvalue weighted by Crippen LogP contribution is -2.49. The zero-order valence-electron chi connectivity index (χ0n) is 9.21. The fraction of sp³-hybridized carbons (Fsp3) is 0.900. The highest BCUT2D eigenvalue weighted by molar-refractivity contribution is 14.0. The van der Waals surface area contributed by atoms with Crippen molar-refractivity contribution in [2.45, 2.75) is 30.4 Å². The summed E-state index contributed by atoms with van der Waals surface area (Å²) in [7, 11) is 0. The van der Waals surface area contributed by atoms with Crippen molar-refractivity contribution < 1.29 is 0 Å². The third-order valence-corrected chi connectivity index (χ3v) is 4.59. The summed E-state index contributed by atoms with van der Waals surface area (Å²) in [5, 5.41) is 6.73. The number of halogens is 1. The summed E-state index contributed by atoms with van der Waals surface area (Å²) < 4.78 is 0.502. The molecular weight excluding hydrogens is 321 g/mol. The van der Waals surface area contributed by atoms with E-state index < -0.39 is 0 Å². The molecule has 3 nitrogen and oxygen atoms in total. The molecule has 0 bridgehead atoms. The zero-order chi connectivity index (χ0) is 9.86. The van der Waals surface area contributed by atoms with Gasteiger partial charge in [0.05, 0.1) is 0 Å². The van der Waals surface area contributed by atoms with Gasteiger partial charge in [-0.15, -0.1) is 24.0 Å². The van der Waals surface area contributed by atoms with Crippen LogP contribution in [0.4, 0.5) is 0 Å². The molecule has 2 rings (SSSR count). The van der Waals surface area contributed by atoms with E-state index in [-0.39, 0.29) is 24.0 Å². The Morgan fingerprint density at radius 3 is 2.73 bits per heavy atom. The van der Waals surface area contributed by atoms with Crippen LogP contribution >= 0.6 is 35.7 Å². The number of thioether (sulfide) groups is 1. The molecule has 0 radical (unpaired) electrons. The van der Waals surface area contributed by atoms with Crippen molar-refractivity contribution in [1.82, 2.24) is 10.6 Å². The van der Waals surface area contributed by atoms with Crippen LogP contribution in [0.1, 0.15) is 25.7 Å². The van der Waals surface area contributed by atoms with Crippen LogP contribution in [0.5, 0.6) is 0 Å². The van der Waals surface area contributed by atoms with E-state index in [2.05, 4.69) is 21.9 Å². The first-order valence-electron chi connectivity index (χ1n) is 5.42. The van der Waals surface area contributed by atoms with Crippen LogP contribution in [0.3, 0.4) is 0 Å². The summed E-state index contributed by atoms with van der Waals surface area (Å²) in [4.78, 5) is 4.41. The number of rotatable bonds is 3. The number of hydrogen-bond donors (Lipinski definition) is 2. The molecule has 1 saturated carbocycles. The molecule has 2 aliphatic rings. The molecule has 1 aliphatic carbocycles. The number of nitrogens with zero attached hydrogens (tertiary/aromatic N) is 1. The second-order valence-electron chi connectivity index (χ2n) is 4.10. The quantitative estimate of drug-likeness (QED) is 0.769. The van der Waals surface area contributed by atoms with E-state index in [9.17, 15) is 0 Å². The molecular formula is C10H20IN3S. The summed E-state index contributed by atoms with van der Waals surface area (Å²) in [6, 6.07) is 0. The fourth-order valence-electron chi connectivity index (χ4n) is 1.92. The van der Waals surface area contributed by atoms with Gasteiger partial charge in [-0.05, 0) is 25.5 Å². The molecule has 0 aromatic heterocycles. The van der Waals surface area contributed by atoms with Crippen LogP contribution in [0.25, 0.3) is 0 Å². The summed E-state index contributed by atoms with van der Waals surface area (Å²) >= 11 is 2.00. The molecule has 15 heavy (non-hydrogen) atoms. The molecule has 1 aliphatic heterocycles. The SMILES string of the molecule is CSC1(CNC2=NCCCN2)CCC1.I. The Morgan fingerprint density at radius 2 is 2.27 bits per heavy atom. The van der Waals surface area contributed by atoms with Gasteiger partial charge in [0.15, 0.2) is 5.96 Å². The maximum atomic E-state index is 4.41. The standard InChI is InChI=1S/C10H19N3S.HI/c1-14-10(4-2-5-10)8-13-9-11-6-3-7-12-9;/h2-8H2,1H3,(H2,11,12,13);1H. The second-order valence-corrected chi connectivity index (χ2v) is 5.38. The number of guanidine groups is 1. The lowest BCUT2D eigenvalue weighted by atomic mass is 9.84. The van der Waals surface area contributed by atoms with Crippen molar-refractivity contribution in [2.75, 3.05) is 25.9 Å². The minimum atomic E-state index is 0. The van der Waals surface area contributed by atoms with Crippen LogP contribution in [0.15, 0.2) is 4.99 Å². The highest BCUT2D eigenvalue weighted by atomic mass is 127. The van der Waals surface area contributed by atoms with Gasteiger partial charge < -0.3 is 10.6 Å². The monoisotopic (exact) mass is 341 g/mol. The first-order valence-corrected chi connectivity index (χ1v) is 6.64. The Hall–Kier alpha value is 0.350. The van der Waals surface area contributed by atoms with Crippen molar-refractivity contribution in [2.24, 2.45) is 4.99 Å². The number of nitrogens with one attached hydrogen (secondary N) is 2. The van der Waals surface area contributed by atoms with Crippen LogP contribution in [-0.4, -0.2) is 36.6 Å². The molecule has 0 amide bonds. The number of hydrogen-bond acceptors (Lipinski definition) is 4. The first kappa shape index (κ1) is 13.4. The van der Waals surface area contributed by atoms with Crippen LogP contribution in [-0.2, 0) is 0 Å². The first-order chi connectivity index (χ1) is 6.85. The summed E-state index contributed by atoms with van der Waals surface area (Å²) in [5.74, 6) is 1.01. The largest absolute Gasteiger partial charge is 0.356 e. The lowest BCUT2D eigenvalue weighted by Gasteiger charge is -2.40. The Kier molecular flexibility index (Phi) is 5.52. The number of aliphatic imine (C=N–C) groups is 1. The Labute approximate surface area is 113 Å². The molecule has 0 aromatic carbocycles. The predicted octanol–water partition coefficient (Wildman–Crippen LogP) is 1.83. The smallest absolute Gasteiger partial charge is 0.191 e. The molecule has 0 saturated heterocycles. The van der Waals surface area contributed by atoms with E-state index in [4.69, 9.17) is 0 Å². The molecule has 0 aromatic rings. The average Bonchev–Trinajstić information content (AvgIpc) is 2.19. The fourth-order valence-corrected chi connectivity index (χ4v) is 2.83. The summed E-state index contributed by atoms with van der Waals surface area (Å²) in [5.41, 5.74) is 0. The summed E-state index contributed by atoms with van der Waals surface area (Å²) in [6.07, 6.45) is 7.49. The molecule has 0 unspecified atom stereocenters. The third-order valence-electron chi connectivity index (χ3n) is 3.17. The Bertz CT molecular complexity index is 223. The molecule has 88 valence electrons. The van der Waals surface area contributed by atoms with E-state index >= 15 is 0 Å². The van der Waals surface area contributed by atoms with Gasteiger partial charge in [0, 0.05) is 24.4 Å². The van der Waals surface area contributed by atoms with Crippen molar-refractivity contribution in [3.05, 3.63) is 0 Å². The third kappa shape index (κ3) is 3.41. The van der Waals surface area contributed by atoms with Crippen LogP contribution < -0.4 is 10.6 Å². The summed E-state index contributed by atoms with van der Waals surface area (Å²) in [6.45, 7) is 3.11. The molecule has 5 heteroatoms. The van der Waals surface area contributed by atoms with Crippen molar-refractivity contribution in [3.8, 4) is 0 Å². The molecule has 1 fully saturated rings. The molecule has 2 N–H and O–H groups in total. The van der Waals surface area contributed by atoms with Crippen molar-refractivity contribution >= 4 is 41.7 Å². The minimum Gasteiger partial charge on any atom is -0.356 e. The molecule has 0 spiro atoms. The van der Waals surface area contributed by atoms with E-state index in [1.165, 1.54) is 25.7 Å². The average molecular weight is 341 g/mol. The van der Waals surface area contributed by atoms with Crippen molar-refractivity contribution in [3.63, 3.8) is 0 Å². The van der Waals surface area contributed by atoms with Crippen molar-refractivity contribution in [1.29, 1.82) is 0 Å². The van der Waals surface area contributed by atoms with Gasteiger partial charge >= 0.3 is 0 Å². The van der Waals surface area contributed by atoms with Gasteiger partial charge in [0.2, 0.25) is 0 Å². The lowest BCUT2D eigenvalue weighted by molar-refractivity contribution is 0.360. The van der Waals surface area contributed by atoms with Gasteiger partial charge in [0.25, 0.3) is 0 Å². The van der Waals surface area contributed by atoms with Gasteiger partial charge in [-0.3, -0.25) is 4.99 Å². The zero-order valence-corrected chi connectivity index (χ0v) is 12.4. The predicted molar refractivity (Wildman–Crippen MR) is 78.4 cm³/mol. The highest BCUT2D eigenvalue weighted by Crippen LogP contribution is 2.42. The Morgan fingerprint density at radius 1 is 1.47 bits per heavy atom. The van der Waals surface area contributed by atoms with E-state index in [1.807, 2.05) is 11.8 Å². The molecule has 0 atom stereocenters. The van der Waals surface area contributed by atoms with Crippen LogP contribution in [0, 0.1) is 0 Å². The normalized spacial score (nSPS) is 22.9. The van der Waals surface area contributed by atoms with Gasteiger partial charge in [-0.1, -0.05) is 6.42 Å². The van der Waals surface area contributed by atoms with Gasteiger partial charge in [-0.25, -0.2) is 0 Å². The maximum absolute atomic E-state index is 4.41. The highest BCUT2D eigenvalue weighted by Gasteiger charge is 2.36. The van der Waals surface area contributed by atoms with Gasteiger partial charge in [-0.2, -0.15) is 11.8 Å². The van der Waals surface area contributed by atoms with Crippen LogP contribution in [0.2, 0.25) is 0 Å².